The zero-order valence-corrected chi connectivity index (χ0v) is 10.3. The van der Waals surface area contributed by atoms with Crippen LogP contribution < -0.4 is 0 Å². The molecule has 1 aromatic heterocycles. The van der Waals surface area contributed by atoms with E-state index in [0.29, 0.717) is 5.78 Å². The molecule has 1 unspecified atom stereocenters. The third kappa shape index (κ3) is 1.68. The van der Waals surface area contributed by atoms with Gasteiger partial charge in [-0.25, -0.2) is 0 Å². The second-order valence-corrected chi connectivity index (χ2v) is 5.18. The Bertz CT molecular complexity index is 594. The number of hydrogen-bond donors (Lipinski definition) is 1. The molecule has 1 aliphatic rings. The molecule has 1 aromatic carbocycles. The molecule has 0 saturated heterocycles. The summed E-state index contributed by atoms with van der Waals surface area (Å²) in [5, 5.41) is 1.31. The number of Topliss-reactive ketones (excluding diaryl/α,β-unsaturated/α-hetero) is 1. The molecule has 0 radical (unpaired) electrons. The summed E-state index contributed by atoms with van der Waals surface area (Å²) in [6.07, 6.45) is 2.91. The van der Waals surface area contributed by atoms with Crippen LogP contribution in [0, 0.1) is 12.8 Å². The van der Waals surface area contributed by atoms with Crippen molar-refractivity contribution in [1.29, 1.82) is 0 Å². The molecule has 0 aliphatic heterocycles. The molecule has 1 heterocycles. The zero-order chi connectivity index (χ0) is 12.0. The highest BCUT2D eigenvalue weighted by Crippen LogP contribution is 2.32. The van der Waals surface area contributed by atoms with E-state index in [0.717, 1.165) is 19.3 Å². The lowest BCUT2D eigenvalue weighted by molar-refractivity contribution is -0.121. The number of aromatic amines is 1. The molecule has 88 valence electrons. The Hall–Kier alpha value is -1.57. The first-order valence-corrected chi connectivity index (χ1v) is 6.25. The molecule has 1 atom stereocenters. The highest BCUT2D eigenvalue weighted by molar-refractivity contribution is 5.87. The summed E-state index contributed by atoms with van der Waals surface area (Å²) in [4.78, 5) is 15.0. The van der Waals surface area contributed by atoms with Crippen molar-refractivity contribution in [3.63, 3.8) is 0 Å². The Balaban J connectivity index is 2.13. The third-order valence-electron chi connectivity index (χ3n) is 3.92. The van der Waals surface area contributed by atoms with Gasteiger partial charge in [-0.1, -0.05) is 11.6 Å². The SMILES string of the molecule is CC(=O)C1CCc2[nH]c3ccc(C)cc3c2C1. The van der Waals surface area contributed by atoms with Crippen LogP contribution in [0.4, 0.5) is 0 Å². The van der Waals surface area contributed by atoms with Gasteiger partial charge in [-0.3, -0.25) is 4.79 Å². The van der Waals surface area contributed by atoms with Crippen molar-refractivity contribution in [2.45, 2.75) is 33.1 Å². The molecule has 2 nitrogen and oxygen atoms in total. The first kappa shape index (κ1) is 10.6. The fourth-order valence-corrected chi connectivity index (χ4v) is 2.88. The number of aromatic nitrogens is 1. The van der Waals surface area contributed by atoms with Gasteiger partial charge < -0.3 is 4.98 Å². The normalized spacial score (nSPS) is 19.3. The average molecular weight is 227 g/mol. The van der Waals surface area contributed by atoms with Crippen molar-refractivity contribution >= 4 is 16.7 Å². The first-order chi connectivity index (χ1) is 8.15. The Morgan fingerprint density at radius 1 is 1.41 bits per heavy atom. The fraction of sp³-hybridized carbons (Fsp3) is 0.400. The first-order valence-electron chi connectivity index (χ1n) is 6.25. The molecular weight excluding hydrogens is 210 g/mol. The van der Waals surface area contributed by atoms with E-state index < -0.39 is 0 Å². The van der Waals surface area contributed by atoms with Crippen LogP contribution in [0.2, 0.25) is 0 Å². The molecule has 17 heavy (non-hydrogen) atoms. The van der Waals surface area contributed by atoms with Crippen LogP contribution in [0.3, 0.4) is 0 Å². The molecule has 0 amide bonds. The van der Waals surface area contributed by atoms with Crippen LogP contribution in [0.15, 0.2) is 18.2 Å². The number of benzene rings is 1. The summed E-state index contributed by atoms with van der Waals surface area (Å²) in [6.45, 7) is 3.83. The lowest BCUT2D eigenvalue weighted by Crippen LogP contribution is -2.19. The van der Waals surface area contributed by atoms with Crippen LogP contribution in [-0.2, 0) is 17.6 Å². The molecule has 0 bridgehead atoms. The number of hydrogen-bond acceptors (Lipinski definition) is 1. The number of ketones is 1. The topological polar surface area (TPSA) is 32.9 Å². The van der Waals surface area contributed by atoms with Gasteiger partial charge in [-0.15, -0.1) is 0 Å². The van der Waals surface area contributed by atoms with Crippen molar-refractivity contribution in [3.05, 3.63) is 35.0 Å². The van der Waals surface area contributed by atoms with Gasteiger partial charge in [0.15, 0.2) is 0 Å². The van der Waals surface area contributed by atoms with Gasteiger partial charge in [0.25, 0.3) is 0 Å². The van der Waals surface area contributed by atoms with Crippen molar-refractivity contribution in [3.8, 4) is 0 Å². The van der Waals surface area contributed by atoms with E-state index in [1.807, 2.05) is 0 Å². The predicted molar refractivity (Wildman–Crippen MR) is 69.2 cm³/mol. The minimum Gasteiger partial charge on any atom is -0.358 e. The van der Waals surface area contributed by atoms with E-state index in [-0.39, 0.29) is 5.92 Å². The number of carbonyl (C=O) groups excluding carboxylic acids is 1. The molecule has 0 saturated carbocycles. The van der Waals surface area contributed by atoms with Gasteiger partial charge in [0.1, 0.15) is 5.78 Å². The third-order valence-corrected chi connectivity index (χ3v) is 3.92. The van der Waals surface area contributed by atoms with Gasteiger partial charge in [-0.05, 0) is 50.8 Å². The minimum atomic E-state index is 0.224. The number of H-pyrrole nitrogens is 1. The Morgan fingerprint density at radius 2 is 2.24 bits per heavy atom. The fourth-order valence-electron chi connectivity index (χ4n) is 2.88. The van der Waals surface area contributed by atoms with Crippen molar-refractivity contribution in [1.82, 2.24) is 4.98 Å². The predicted octanol–water partition coefficient (Wildman–Crippen LogP) is 3.17. The van der Waals surface area contributed by atoms with Gasteiger partial charge >= 0.3 is 0 Å². The Morgan fingerprint density at radius 3 is 3.00 bits per heavy atom. The van der Waals surface area contributed by atoms with Crippen LogP contribution >= 0.6 is 0 Å². The Kier molecular flexibility index (Phi) is 2.32. The van der Waals surface area contributed by atoms with E-state index in [1.54, 1.807) is 6.92 Å². The molecule has 2 aromatic rings. The standard InChI is InChI=1S/C15H17NO/c1-9-3-5-14-12(7-9)13-8-11(10(2)17)4-6-15(13)16-14/h3,5,7,11,16H,4,6,8H2,1-2H3. The summed E-state index contributed by atoms with van der Waals surface area (Å²) >= 11 is 0. The maximum Gasteiger partial charge on any atom is 0.133 e. The van der Waals surface area contributed by atoms with E-state index in [1.165, 1.54) is 27.7 Å². The second-order valence-electron chi connectivity index (χ2n) is 5.18. The number of carbonyl (C=O) groups is 1. The van der Waals surface area contributed by atoms with Crippen molar-refractivity contribution < 1.29 is 4.79 Å². The van der Waals surface area contributed by atoms with E-state index in [9.17, 15) is 4.79 Å². The van der Waals surface area contributed by atoms with Crippen LogP contribution in [-0.4, -0.2) is 10.8 Å². The quantitative estimate of drug-likeness (QED) is 0.797. The number of nitrogens with one attached hydrogen (secondary N) is 1. The monoisotopic (exact) mass is 227 g/mol. The summed E-state index contributed by atoms with van der Waals surface area (Å²) < 4.78 is 0. The number of aryl methyl sites for hydroxylation is 2. The summed E-state index contributed by atoms with van der Waals surface area (Å²) in [7, 11) is 0. The van der Waals surface area contributed by atoms with Gasteiger partial charge in [0, 0.05) is 22.5 Å². The number of fused-ring (bicyclic) bond motifs is 3. The highest BCUT2D eigenvalue weighted by atomic mass is 16.1. The molecule has 1 aliphatic carbocycles. The molecule has 1 N–H and O–H groups in total. The summed E-state index contributed by atoms with van der Waals surface area (Å²) in [6, 6.07) is 6.51. The van der Waals surface area contributed by atoms with Crippen molar-refractivity contribution in [2.24, 2.45) is 5.92 Å². The largest absolute Gasteiger partial charge is 0.358 e. The minimum absolute atomic E-state index is 0.224. The second kappa shape index (κ2) is 3.73. The Labute approximate surface area is 101 Å². The van der Waals surface area contributed by atoms with E-state index >= 15 is 0 Å². The van der Waals surface area contributed by atoms with E-state index in [2.05, 4.69) is 30.1 Å². The highest BCUT2D eigenvalue weighted by Gasteiger charge is 2.24. The van der Waals surface area contributed by atoms with Crippen LogP contribution in [0.25, 0.3) is 10.9 Å². The van der Waals surface area contributed by atoms with Crippen LogP contribution in [0.1, 0.15) is 30.2 Å². The average Bonchev–Trinajstić information content (AvgIpc) is 2.66. The maximum atomic E-state index is 11.5. The van der Waals surface area contributed by atoms with Gasteiger partial charge in [0.2, 0.25) is 0 Å². The summed E-state index contributed by atoms with van der Waals surface area (Å²) in [5.74, 6) is 0.555. The van der Waals surface area contributed by atoms with Gasteiger partial charge in [0.05, 0.1) is 0 Å². The zero-order valence-electron chi connectivity index (χ0n) is 10.3. The smallest absolute Gasteiger partial charge is 0.133 e. The summed E-state index contributed by atoms with van der Waals surface area (Å²) in [5.41, 5.74) is 5.20. The maximum absolute atomic E-state index is 11.5. The lowest BCUT2D eigenvalue weighted by atomic mass is 9.84. The molecule has 0 fully saturated rings. The van der Waals surface area contributed by atoms with Gasteiger partial charge in [-0.2, -0.15) is 0 Å². The molecule has 2 heteroatoms. The number of rotatable bonds is 1. The van der Waals surface area contributed by atoms with Crippen molar-refractivity contribution in [2.75, 3.05) is 0 Å². The molecule has 3 rings (SSSR count). The van der Waals surface area contributed by atoms with E-state index in [4.69, 9.17) is 0 Å². The molecule has 0 spiro atoms. The van der Waals surface area contributed by atoms with Crippen LogP contribution in [0.5, 0.6) is 0 Å². The molecular formula is C15H17NO. The lowest BCUT2D eigenvalue weighted by Gasteiger charge is -2.19.